The third-order valence-corrected chi connectivity index (χ3v) is 1.85. The van der Waals surface area contributed by atoms with Crippen LogP contribution in [0.25, 0.3) is 0 Å². The zero-order valence-electron chi connectivity index (χ0n) is 10.4. The van der Waals surface area contributed by atoms with Gasteiger partial charge in [0.25, 0.3) is 0 Å². The number of hydrogen-bond acceptors (Lipinski definition) is 0. The first-order valence-corrected chi connectivity index (χ1v) is 5.06. The first-order valence-electron chi connectivity index (χ1n) is 5.06. The molecular formula is C14H22. The number of allylic oxidation sites excluding steroid dienone is 1. The third kappa shape index (κ3) is 5.68. The van der Waals surface area contributed by atoms with Crippen molar-refractivity contribution in [1.82, 2.24) is 0 Å². The Hall–Kier alpha value is -0.920. The van der Waals surface area contributed by atoms with Crippen LogP contribution < -0.4 is 0 Å². The van der Waals surface area contributed by atoms with Gasteiger partial charge in [0.15, 0.2) is 0 Å². The summed E-state index contributed by atoms with van der Waals surface area (Å²) in [6.07, 6.45) is 0.782. The van der Waals surface area contributed by atoms with Gasteiger partial charge in [0.2, 0.25) is 0 Å². The predicted octanol–water partition coefficient (Wildman–Crippen LogP) is 4.18. The minimum Gasteiger partial charge on any atom is -0.128 e. The van der Waals surface area contributed by atoms with Crippen molar-refractivity contribution in [1.29, 1.82) is 0 Å². The molecule has 0 nitrogen and oxygen atoms in total. The van der Waals surface area contributed by atoms with Gasteiger partial charge in [-0.25, -0.2) is 0 Å². The Morgan fingerprint density at radius 2 is 1.57 bits per heavy atom. The summed E-state index contributed by atoms with van der Waals surface area (Å²) in [4.78, 5) is 0. The van der Waals surface area contributed by atoms with Crippen molar-refractivity contribution in [2.45, 2.75) is 48.0 Å². The van der Waals surface area contributed by atoms with Crippen molar-refractivity contribution in [3.63, 3.8) is 0 Å². The average Bonchev–Trinajstić information content (AvgIpc) is 1.93. The molecule has 0 spiro atoms. The van der Waals surface area contributed by atoms with Crippen LogP contribution in [0, 0.1) is 22.7 Å². The van der Waals surface area contributed by atoms with E-state index in [4.69, 9.17) is 0 Å². The Kier molecular flexibility index (Phi) is 4.24. The van der Waals surface area contributed by atoms with Gasteiger partial charge in [-0.1, -0.05) is 39.2 Å². The first kappa shape index (κ1) is 13.1. The lowest BCUT2D eigenvalue weighted by molar-refractivity contribution is 0.496. The smallest absolute Gasteiger partial charge is 0.0380 e. The third-order valence-electron chi connectivity index (χ3n) is 1.85. The lowest BCUT2D eigenvalue weighted by atomic mass is 9.85. The molecule has 0 heterocycles. The summed E-state index contributed by atoms with van der Waals surface area (Å²) >= 11 is 0. The molecule has 0 saturated heterocycles. The van der Waals surface area contributed by atoms with Crippen LogP contribution in [0.3, 0.4) is 0 Å². The van der Waals surface area contributed by atoms with Gasteiger partial charge in [-0.15, -0.1) is 5.73 Å². The maximum Gasteiger partial charge on any atom is 0.0380 e. The molecule has 0 bridgehead atoms. The van der Waals surface area contributed by atoms with Crippen LogP contribution in [0.1, 0.15) is 48.0 Å². The molecule has 0 saturated carbocycles. The highest BCUT2D eigenvalue weighted by Gasteiger charge is 2.15. The molecule has 0 atom stereocenters. The fourth-order valence-electron chi connectivity index (χ4n) is 0.991. The van der Waals surface area contributed by atoms with Gasteiger partial charge < -0.3 is 0 Å². The Labute approximate surface area is 89.1 Å². The molecule has 0 aromatic carbocycles. The number of rotatable bonds is 1. The van der Waals surface area contributed by atoms with Crippen molar-refractivity contribution in [2.75, 3.05) is 0 Å². The molecular weight excluding hydrogens is 168 g/mol. The fraction of sp³-hybridized carbons (Fsp3) is 0.643. The highest BCUT2D eigenvalue weighted by atomic mass is 14.2. The summed E-state index contributed by atoms with van der Waals surface area (Å²) in [6.45, 7) is 16.6. The largest absolute Gasteiger partial charge is 0.128 e. The molecule has 0 aromatic rings. The van der Waals surface area contributed by atoms with E-state index in [1.165, 1.54) is 5.57 Å². The highest BCUT2D eigenvalue weighted by Crippen LogP contribution is 2.26. The van der Waals surface area contributed by atoms with E-state index in [1.807, 2.05) is 0 Å². The normalized spacial score (nSPS) is 11.3. The number of hydrogen-bond donors (Lipinski definition) is 0. The molecule has 0 radical (unpaired) electrons. The van der Waals surface area contributed by atoms with Crippen molar-refractivity contribution in [2.24, 2.45) is 10.8 Å². The van der Waals surface area contributed by atoms with E-state index >= 15 is 0 Å². The topological polar surface area (TPSA) is 0 Å². The Balaban J connectivity index is 4.54. The van der Waals surface area contributed by atoms with Gasteiger partial charge in [0, 0.05) is 11.8 Å². The van der Waals surface area contributed by atoms with Crippen molar-refractivity contribution in [3.8, 4) is 11.8 Å². The molecule has 0 aliphatic rings. The zero-order valence-corrected chi connectivity index (χ0v) is 10.4. The fourth-order valence-corrected chi connectivity index (χ4v) is 0.991. The predicted molar refractivity (Wildman–Crippen MR) is 64.0 cm³/mol. The van der Waals surface area contributed by atoms with E-state index in [-0.39, 0.29) is 10.8 Å². The van der Waals surface area contributed by atoms with Crippen LogP contribution in [0.15, 0.2) is 17.9 Å². The van der Waals surface area contributed by atoms with Gasteiger partial charge in [-0.2, -0.15) is 0 Å². The van der Waals surface area contributed by atoms with Crippen molar-refractivity contribution >= 4 is 0 Å². The van der Waals surface area contributed by atoms with E-state index in [2.05, 4.69) is 65.7 Å². The second-order valence-electron chi connectivity index (χ2n) is 5.63. The highest BCUT2D eigenvalue weighted by molar-refractivity contribution is 5.19. The lowest BCUT2D eigenvalue weighted by Crippen LogP contribution is -2.08. The zero-order chi connectivity index (χ0) is 11.4. The van der Waals surface area contributed by atoms with Gasteiger partial charge in [-0.3, -0.25) is 0 Å². The van der Waals surface area contributed by atoms with Crippen LogP contribution in [0.4, 0.5) is 0 Å². The second-order valence-corrected chi connectivity index (χ2v) is 5.63. The maximum atomic E-state index is 3.71. The van der Waals surface area contributed by atoms with Crippen molar-refractivity contribution in [3.05, 3.63) is 17.9 Å². The van der Waals surface area contributed by atoms with Crippen LogP contribution in [0.2, 0.25) is 0 Å². The van der Waals surface area contributed by atoms with Gasteiger partial charge in [-0.05, 0) is 31.8 Å². The molecule has 0 amide bonds. The molecule has 0 heteroatoms. The van der Waals surface area contributed by atoms with Crippen LogP contribution in [-0.4, -0.2) is 0 Å². The first-order chi connectivity index (χ1) is 6.17. The SMILES string of the molecule is C=C=C(CC#CC(C)(C)C)C(C)(C)C. The summed E-state index contributed by atoms with van der Waals surface area (Å²) in [6, 6.07) is 0. The van der Waals surface area contributed by atoms with E-state index in [0.717, 1.165) is 6.42 Å². The summed E-state index contributed by atoms with van der Waals surface area (Å²) in [5.74, 6) is 6.41. The quantitative estimate of drug-likeness (QED) is 0.430. The Bertz CT molecular complexity index is 288. The van der Waals surface area contributed by atoms with Crippen LogP contribution >= 0.6 is 0 Å². The van der Waals surface area contributed by atoms with Crippen molar-refractivity contribution < 1.29 is 0 Å². The summed E-state index contributed by atoms with van der Waals surface area (Å²) in [7, 11) is 0. The standard InChI is InChI=1S/C14H22/c1-8-12(14(5,6)7)10-9-11-13(2,3)4/h1,10H2,2-7H3. The van der Waals surface area contributed by atoms with Gasteiger partial charge in [0.05, 0.1) is 0 Å². The molecule has 0 unspecified atom stereocenters. The molecule has 0 aliphatic carbocycles. The van der Waals surface area contributed by atoms with E-state index in [1.54, 1.807) is 0 Å². The van der Waals surface area contributed by atoms with E-state index in [0.29, 0.717) is 0 Å². The van der Waals surface area contributed by atoms with E-state index in [9.17, 15) is 0 Å². The lowest BCUT2D eigenvalue weighted by Gasteiger charge is -2.19. The Morgan fingerprint density at radius 1 is 1.07 bits per heavy atom. The van der Waals surface area contributed by atoms with Crippen LogP contribution in [-0.2, 0) is 0 Å². The van der Waals surface area contributed by atoms with Gasteiger partial charge >= 0.3 is 0 Å². The van der Waals surface area contributed by atoms with Gasteiger partial charge in [0.1, 0.15) is 0 Å². The van der Waals surface area contributed by atoms with E-state index < -0.39 is 0 Å². The summed E-state index contributed by atoms with van der Waals surface area (Å²) in [5.41, 5.74) is 4.40. The molecule has 0 N–H and O–H groups in total. The minimum absolute atomic E-state index is 0.0875. The minimum atomic E-state index is 0.0875. The monoisotopic (exact) mass is 190 g/mol. The summed E-state index contributed by atoms with van der Waals surface area (Å²) < 4.78 is 0. The summed E-state index contributed by atoms with van der Waals surface area (Å²) in [5, 5.41) is 0. The molecule has 0 aliphatic heterocycles. The second kappa shape index (κ2) is 4.54. The molecule has 0 rings (SSSR count). The average molecular weight is 190 g/mol. The Morgan fingerprint density at radius 3 is 1.86 bits per heavy atom. The molecule has 0 aromatic heterocycles. The molecule has 14 heavy (non-hydrogen) atoms. The molecule has 0 fully saturated rings. The maximum absolute atomic E-state index is 3.71. The van der Waals surface area contributed by atoms with Crippen LogP contribution in [0.5, 0.6) is 0 Å². The molecule has 78 valence electrons.